The first-order chi connectivity index (χ1) is 13.6. The van der Waals surface area contributed by atoms with Gasteiger partial charge in [0.1, 0.15) is 0 Å². The van der Waals surface area contributed by atoms with E-state index in [9.17, 15) is 4.79 Å². The van der Waals surface area contributed by atoms with E-state index in [-0.39, 0.29) is 5.91 Å². The van der Waals surface area contributed by atoms with E-state index in [1.54, 1.807) is 0 Å². The lowest BCUT2D eigenvalue weighted by atomic mass is 9.91. The Balaban J connectivity index is 1.66. The molecule has 0 saturated heterocycles. The minimum absolute atomic E-state index is 0.0540. The number of carbonyl (C=O) groups excluding carboxylic acids is 1. The quantitative estimate of drug-likeness (QED) is 0.712. The Morgan fingerprint density at radius 3 is 2.54 bits per heavy atom. The van der Waals surface area contributed by atoms with Crippen LogP contribution in [0.2, 0.25) is 0 Å². The van der Waals surface area contributed by atoms with Crippen LogP contribution < -0.4 is 5.32 Å². The topological polar surface area (TPSA) is 54.9 Å². The standard InChI is InChI=1S/C24H25N3O/c1-16(2)14-21-24(27-22(28)15-17-8-4-3-5-9-17)26-20-13-12-18-10-6-7-11-19(18)23(20)25-21/h3-11,16H,12-15H2,1-2H3,(H,26,27,28). The predicted octanol–water partition coefficient (Wildman–Crippen LogP) is 4.62. The summed E-state index contributed by atoms with van der Waals surface area (Å²) < 4.78 is 0. The molecule has 0 aliphatic heterocycles. The number of carbonyl (C=O) groups is 1. The normalized spacial score (nSPS) is 12.4. The van der Waals surface area contributed by atoms with Crippen LogP contribution in [0.4, 0.5) is 5.82 Å². The van der Waals surface area contributed by atoms with Gasteiger partial charge in [0, 0.05) is 5.56 Å². The van der Waals surface area contributed by atoms with E-state index >= 15 is 0 Å². The van der Waals surface area contributed by atoms with Crippen LogP contribution in [-0.2, 0) is 30.5 Å². The number of nitrogens with zero attached hydrogens (tertiary/aromatic N) is 2. The summed E-state index contributed by atoms with van der Waals surface area (Å²) in [5.41, 5.74) is 6.29. The molecule has 3 aromatic rings. The van der Waals surface area contributed by atoms with Crippen LogP contribution in [-0.4, -0.2) is 15.9 Å². The van der Waals surface area contributed by atoms with Crippen molar-refractivity contribution in [3.05, 3.63) is 77.1 Å². The Labute approximate surface area is 166 Å². The fraction of sp³-hybridized carbons (Fsp3) is 0.292. The summed E-state index contributed by atoms with van der Waals surface area (Å²) >= 11 is 0. The summed E-state index contributed by atoms with van der Waals surface area (Å²) in [6.45, 7) is 4.31. The number of rotatable bonds is 5. The van der Waals surface area contributed by atoms with E-state index < -0.39 is 0 Å². The lowest BCUT2D eigenvalue weighted by molar-refractivity contribution is -0.115. The molecule has 0 unspecified atom stereocenters. The van der Waals surface area contributed by atoms with E-state index in [2.05, 4.69) is 37.4 Å². The number of fused-ring (bicyclic) bond motifs is 3. The van der Waals surface area contributed by atoms with Gasteiger partial charge in [0.25, 0.3) is 0 Å². The first-order valence-electron chi connectivity index (χ1n) is 9.92. The van der Waals surface area contributed by atoms with Gasteiger partial charge in [-0.05, 0) is 36.3 Å². The van der Waals surface area contributed by atoms with E-state index in [0.717, 1.165) is 41.9 Å². The number of nitrogens with one attached hydrogen (secondary N) is 1. The van der Waals surface area contributed by atoms with Gasteiger partial charge in [0.05, 0.1) is 23.5 Å². The smallest absolute Gasteiger partial charge is 0.229 e. The Kier molecular flexibility index (Phi) is 5.20. The van der Waals surface area contributed by atoms with Gasteiger partial charge in [-0.3, -0.25) is 4.79 Å². The zero-order valence-electron chi connectivity index (χ0n) is 16.4. The molecule has 1 N–H and O–H groups in total. The highest BCUT2D eigenvalue weighted by Crippen LogP contribution is 2.33. The molecular formula is C24H25N3O. The van der Waals surface area contributed by atoms with Crippen molar-refractivity contribution in [3.8, 4) is 11.3 Å². The zero-order valence-corrected chi connectivity index (χ0v) is 16.4. The molecule has 1 aromatic heterocycles. The number of aryl methyl sites for hydroxylation is 2. The van der Waals surface area contributed by atoms with Crippen LogP contribution in [0.15, 0.2) is 54.6 Å². The van der Waals surface area contributed by atoms with Crippen molar-refractivity contribution < 1.29 is 4.79 Å². The van der Waals surface area contributed by atoms with E-state index in [4.69, 9.17) is 9.97 Å². The summed E-state index contributed by atoms with van der Waals surface area (Å²) in [5, 5.41) is 3.03. The van der Waals surface area contributed by atoms with Gasteiger partial charge in [-0.2, -0.15) is 0 Å². The van der Waals surface area contributed by atoms with Crippen LogP contribution in [0.25, 0.3) is 11.3 Å². The molecular weight excluding hydrogens is 346 g/mol. The van der Waals surface area contributed by atoms with E-state index in [1.807, 2.05) is 36.4 Å². The van der Waals surface area contributed by atoms with E-state index in [1.165, 1.54) is 11.1 Å². The molecule has 0 saturated carbocycles. The van der Waals surface area contributed by atoms with Crippen molar-refractivity contribution in [1.82, 2.24) is 9.97 Å². The third-order valence-corrected chi connectivity index (χ3v) is 5.01. The van der Waals surface area contributed by atoms with Gasteiger partial charge in [-0.15, -0.1) is 0 Å². The molecule has 4 rings (SSSR count). The second-order valence-electron chi connectivity index (χ2n) is 7.78. The number of amides is 1. The molecule has 0 spiro atoms. The molecule has 0 atom stereocenters. The van der Waals surface area contributed by atoms with Crippen molar-refractivity contribution in [2.24, 2.45) is 5.92 Å². The SMILES string of the molecule is CC(C)Cc1nc2c(nc1NC(=O)Cc1ccccc1)CCc1ccccc1-2. The predicted molar refractivity (Wildman–Crippen MR) is 112 cm³/mol. The van der Waals surface area contributed by atoms with Crippen LogP contribution in [0, 0.1) is 5.92 Å². The highest BCUT2D eigenvalue weighted by molar-refractivity contribution is 5.92. The first kappa shape index (κ1) is 18.4. The number of hydrogen-bond acceptors (Lipinski definition) is 3. The van der Waals surface area contributed by atoms with Crippen LogP contribution in [0.3, 0.4) is 0 Å². The van der Waals surface area contributed by atoms with Gasteiger partial charge < -0.3 is 5.32 Å². The Morgan fingerprint density at radius 1 is 1.00 bits per heavy atom. The molecule has 4 nitrogen and oxygen atoms in total. The van der Waals surface area contributed by atoms with Gasteiger partial charge in [-0.25, -0.2) is 9.97 Å². The van der Waals surface area contributed by atoms with Crippen molar-refractivity contribution in [2.75, 3.05) is 5.32 Å². The molecule has 0 bridgehead atoms. The minimum Gasteiger partial charge on any atom is -0.309 e. The lowest BCUT2D eigenvalue weighted by Crippen LogP contribution is -2.20. The molecule has 0 radical (unpaired) electrons. The fourth-order valence-electron chi connectivity index (χ4n) is 3.70. The number of aromatic nitrogens is 2. The monoisotopic (exact) mass is 371 g/mol. The van der Waals surface area contributed by atoms with Crippen molar-refractivity contribution in [1.29, 1.82) is 0 Å². The van der Waals surface area contributed by atoms with E-state index in [0.29, 0.717) is 18.2 Å². The van der Waals surface area contributed by atoms with Crippen molar-refractivity contribution >= 4 is 11.7 Å². The Bertz CT molecular complexity index is 996. The molecule has 2 aromatic carbocycles. The highest BCUT2D eigenvalue weighted by Gasteiger charge is 2.22. The Hall–Kier alpha value is -3.01. The molecule has 0 fully saturated rings. The second-order valence-corrected chi connectivity index (χ2v) is 7.78. The first-order valence-corrected chi connectivity index (χ1v) is 9.92. The maximum atomic E-state index is 12.6. The summed E-state index contributed by atoms with van der Waals surface area (Å²) in [5.74, 6) is 0.991. The van der Waals surface area contributed by atoms with Gasteiger partial charge in [-0.1, -0.05) is 68.4 Å². The largest absolute Gasteiger partial charge is 0.309 e. The maximum absolute atomic E-state index is 12.6. The van der Waals surface area contributed by atoms with Gasteiger partial charge >= 0.3 is 0 Å². The van der Waals surface area contributed by atoms with Crippen molar-refractivity contribution in [2.45, 2.75) is 39.5 Å². The minimum atomic E-state index is -0.0540. The average molecular weight is 371 g/mol. The van der Waals surface area contributed by atoms with Crippen LogP contribution >= 0.6 is 0 Å². The molecule has 4 heteroatoms. The molecule has 28 heavy (non-hydrogen) atoms. The molecule has 1 aliphatic rings. The number of hydrogen-bond donors (Lipinski definition) is 1. The zero-order chi connectivity index (χ0) is 19.5. The fourth-order valence-corrected chi connectivity index (χ4v) is 3.70. The number of benzene rings is 2. The van der Waals surface area contributed by atoms with Crippen LogP contribution in [0.1, 0.15) is 36.4 Å². The third-order valence-electron chi connectivity index (χ3n) is 5.01. The summed E-state index contributed by atoms with van der Waals surface area (Å²) in [6, 6.07) is 18.2. The molecule has 1 amide bonds. The average Bonchev–Trinajstić information content (AvgIpc) is 2.69. The summed E-state index contributed by atoms with van der Waals surface area (Å²) in [4.78, 5) is 22.4. The maximum Gasteiger partial charge on any atom is 0.229 e. The van der Waals surface area contributed by atoms with Crippen LogP contribution in [0.5, 0.6) is 0 Å². The summed E-state index contributed by atoms with van der Waals surface area (Å²) in [6.07, 6.45) is 2.93. The Morgan fingerprint density at radius 2 is 1.75 bits per heavy atom. The number of anilines is 1. The molecule has 1 aliphatic carbocycles. The lowest BCUT2D eigenvalue weighted by Gasteiger charge is -2.21. The third kappa shape index (κ3) is 3.96. The molecule has 142 valence electrons. The van der Waals surface area contributed by atoms with Crippen molar-refractivity contribution in [3.63, 3.8) is 0 Å². The highest BCUT2D eigenvalue weighted by atomic mass is 16.1. The van der Waals surface area contributed by atoms with Gasteiger partial charge in [0.2, 0.25) is 5.91 Å². The summed E-state index contributed by atoms with van der Waals surface area (Å²) in [7, 11) is 0. The second kappa shape index (κ2) is 7.93. The van der Waals surface area contributed by atoms with Gasteiger partial charge in [0.15, 0.2) is 5.82 Å². The molecule has 1 heterocycles.